The molecule has 11 aromatic rings. The van der Waals surface area contributed by atoms with Crippen LogP contribution in [0.1, 0.15) is 0 Å². The van der Waals surface area contributed by atoms with E-state index in [1.165, 1.54) is 62.6 Å². The van der Waals surface area contributed by atoms with Crippen LogP contribution in [-0.4, -0.2) is 0 Å². The van der Waals surface area contributed by atoms with E-state index in [0.717, 1.165) is 39.0 Å². The smallest absolute Gasteiger partial charge is 0.144 e. The van der Waals surface area contributed by atoms with E-state index in [1.807, 2.05) is 28.7 Å². The maximum atomic E-state index is 6.60. The molecule has 4 heteroatoms. The molecule has 0 amide bonds. The predicted molar refractivity (Wildman–Crippen MR) is 225 cm³/mol. The quantitative estimate of drug-likeness (QED) is 0.178. The number of para-hydroxylation sites is 1. The summed E-state index contributed by atoms with van der Waals surface area (Å²) in [5, 5.41) is 7.36. The first-order valence-electron chi connectivity index (χ1n) is 17.5. The van der Waals surface area contributed by atoms with Crippen LogP contribution < -0.4 is 4.90 Å². The molecular formula is C48H29NOS2. The Hall–Kier alpha value is -6.20. The number of nitrogens with zero attached hydrogens (tertiary/aromatic N) is 1. The van der Waals surface area contributed by atoms with Crippen molar-refractivity contribution in [3.05, 3.63) is 176 Å². The fourth-order valence-electron chi connectivity index (χ4n) is 7.87. The second-order valence-electron chi connectivity index (χ2n) is 13.3. The summed E-state index contributed by atoms with van der Waals surface area (Å²) in [4.78, 5) is 2.39. The summed E-state index contributed by atoms with van der Waals surface area (Å²) >= 11 is 3.69. The Bertz CT molecular complexity index is 3130. The highest BCUT2D eigenvalue weighted by Crippen LogP contribution is 2.47. The molecule has 0 aliphatic heterocycles. The van der Waals surface area contributed by atoms with E-state index in [0.29, 0.717) is 0 Å². The third-order valence-corrected chi connectivity index (χ3v) is 12.5. The van der Waals surface area contributed by atoms with Crippen LogP contribution in [0.15, 0.2) is 180 Å². The van der Waals surface area contributed by atoms with Crippen molar-refractivity contribution in [2.75, 3.05) is 4.90 Å². The highest BCUT2D eigenvalue weighted by atomic mass is 32.1. The van der Waals surface area contributed by atoms with Gasteiger partial charge in [-0.15, -0.1) is 22.7 Å². The summed E-state index contributed by atoms with van der Waals surface area (Å²) in [5.74, 6) is 0. The summed E-state index contributed by atoms with van der Waals surface area (Å²) in [6.45, 7) is 0. The predicted octanol–water partition coefficient (Wildman–Crippen LogP) is 15.1. The Morgan fingerprint density at radius 3 is 1.90 bits per heavy atom. The average molecular weight is 700 g/mol. The Balaban J connectivity index is 1.11. The highest BCUT2D eigenvalue weighted by Gasteiger charge is 2.20. The van der Waals surface area contributed by atoms with Crippen molar-refractivity contribution in [3.8, 4) is 22.3 Å². The number of hydrogen-bond acceptors (Lipinski definition) is 4. The lowest BCUT2D eigenvalue weighted by atomic mass is 9.97. The maximum Gasteiger partial charge on any atom is 0.144 e. The van der Waals surface area contributed by atoms with Crippen LogP contribution in [0.2, 0.25) is 0 Å². The van der Waals surface area contributed by atoms with Gasteiger partial charge in [-0.1, -0.05) is 109 Å². The fraction of sp³-hybridized carbons (Fsp3) is 0. The summed E-state index contributed by atoms with van der Waals surface area (Å²) in [5.41, 5.74) is 10.0. The van der Waals surface area contributed by atoms with Gasteiger partial charge >= 0.3 is 0 Å². The molecule has 0 atom stereocenters. The molecule has 52 heavy (non-hydrogen) atoms. The molecular weight excluding hydrogens is 671 g/mol. The van der Waals surface area contributed by atoms with Gasteiger partial charge in [0.05, 0.1) is 0 Å². The van der Waals surface area contributed by atoms with Gasteiger partial charge in [-0.25, -0.2) is 0 Å². The third kappa shape index (κ3) is 4.62. The minimum absolute atomic E-state index is 0.924. The number of anilines is 3. The Labute approximate surface area is 308 Å². The van der Waals surface area contributed by atoms with E-state index < -0.39 is 0 Å². The normalized spacial score (nSPS) is 11.8. The molecule has 0 bridgehead atoms. The van der Waals surface area contributed by atoms with Gasteiger partial charge in [-0.05, 0) is 89.0 Å². The molecule has 0 aliphatic carbocycles. The molecule has 0 N–H and O–H groups in total. The molecule has 11 rings (SSSR count). The van der Waals surface area contributed by atoms with Gasteiger partial charge in [-0.2, -0.15) is 0 Å². The van der Waals surface area contributed by atoms with Crippen LogP contribution in [-0.2, 0) is 0 Å². The van der Waals surface area contributed by atoms with Gasteiger partial charge in [0.2, 0.25) is 0 Å². The zero-order valence-corrected chi connectivity index (χ0v) is 29.5. The zero-order valence-electron chi connectivity index (χ0n) is 27.9. The monoisotopic (exact) mass is 699 g/mol. The minimum atomic E-state index is 0.924. The van der Waals surface area contributed by atoms with Crippen LogP contribution in [0.5, 0.6) is 0 Å². The van der Waals surface area contributed by atoms with Crippen molar-refractivity contribution in [3.63, 3.8) is 0 Å². The number of furan rings is 1. The van der Waals surface area contributed by atoms with E-state index in [2.05, 4.69) is 175 Å². The molecule has 0 saturated heterocycles. The first-order chi connectivity index (χ1) is 25.8. The first-order valence-corrected chi connectivity index (χ1v) is 19.1. The molecule has 2 nitrogen and oxygen atoms in total. The molecule has 8 aromatic carbocycles. The van der Waals surface area contributed by atoms with Crippen LogP contribution >= 0.6 is 22.7 Å². The van der Waals surface area contributed by atoms with Gasteiger partial charge in [0.1, 0.15) is 11.2 Å². The second kappa shape index (κ2) is 11.7. The minimum Gasteiger partial charge on any atom is -0.455 e. The van der Waals surface area contributed by atoms with E-state index in [9.17, 15) is 0 Å². The molecule has 0 radical (unpaired) electrons. The first kappa shape index (κ1) is 29.5. The maximum absolute atomic E-state index is 6.60. The van der Waals surface area contributed by atoms with Crippen molar-refractivity contribution in [2.45, 2.75) is 0 Å². The van der Waals surface area contributed by atoms with Crippen LogP contribution in [0.4, 0.5) is 17.1 Å². The van der Waals surface area contributed by atoms with Crippen LogP contribution in [0, 0.1) is 0 Å². The Kier molecular flexibility index (Phi) is 6.63. The van der Waals surface area contributed by atoms with Crippen LogP contribution in [0.3, 0.4) is 0 Å². The molecule has 0 fully saturated rings. The lowest BCUT2D eigenvalue weighted by Gasteiger charge is -2.26. The second-order valence-corrected chi connectivity index (χ2v) is 15.4. The van der Waals surface area contributed by atoms with E-state index in [1.54, 1.807) is 0 Å². The lowest BCUT2D eigenvalue weighted by molar-refractivity contribution is 0.673. The fourth-order valence-corrected chi connectivity index (χ4v) is 10.1. The van der Waals surface area contributed by atoms with Gasteiger partial charge in [0.25, 0.3) is 0 Å². The van der Waals surface area contributed by atoms with Crippen molar-refractivity contribution in [1.29, 1.82) is 0 Å². The topological polar surface area (TPSA) is 16.4 Å². The number of rotatable bonds is 5. The van der Waals surface area contributed by atoms with Gasteiger partial charge < -0.3 is 9.32 Å². The third-order valence-electron chi connectivity index (χ3n) is 10.3. The molecule has 3 heterocycles. The van der Waals surface area contributed by atoms with Gasteiger partial charge in [-0.3, -0.25) is 0 Å². The van der Waals surface area contributed by atoms with Crippen molar-refractivity contribution >= 4 is 102 Å². The van der Waals surface area contributed by atoms with E-state index in [4.69, 9.17) is 4.42 Å². The standard InChI is InChI=1S/C48H29NOS2/c1-2-10-30(11-3-1)31-20-22-33(23-21-31)49(35-24-25-39-38-15-5-7-18-42(38)51-45(39)29-35)34-13-8-12-32(28-34)36-16-9-19-43-46(36)47-44(52-43)27-26-40-37-14-4-6-17-41(37)50-48(40)47/h1-29H. The average Bonchev–Trinajstić information content (AvgIpc) is 3.89. The molecule has 0 saturated carbocycles. The van der Waals surface area contributed by atoms with Crippen molar-refractivity contribution in [2.24, 2.45) is 0 Å². The van der Waals surface area contributed by atoms with E-state index in [-0.39, 0.29) is 0 Å². The molecule has 0 aliphatic rings. The van der Waals surface area contributed by atoms with E-state index >= 15 is 0 Å². The zero-order chi connectivity index (χ0) is 34.2. The Morgan fingerprint density at radius 1 is 0.365 bits per heavy atom. The largest absolute Gasteiger partial charge is 0.455 e. The molecule has 0 unspecified atom stereocenters. The van der Waals surface area contributed by atoms with Crippen molar-refractivity contribution < 1.29 is 4.42 Å². The Morgan fingerprint density at radius 2 is 1.00 bits per heavy atom. The summed E-state index contributed by atoms with van der Waals surface area (Å²) < 4.78 is 11.7. The molecule has 244 valence electrons. The summed E-state index contributed by atoms with van der Waals surface area (Å²) in [6, 6.07) is 63.7. The summed E-state index contributed by atoms with van der Waals surface area (Å²) in [7, 11) is 0. The molecule has 0 spiro atoms. The SMILES string of the molecule is c1ccc(-c2ccc(N(c3cccc(-c4cccc5sc6ccc7c8ccccc8oc7c6c45)c3)c3ccc4c(c3)sc3ccccc34)cc2)cc1. The number of fused-ring (bicyclic) bond motifs is 10. The molecule has 3 aromatic heterocycles. The highest BCUT2D eigenvalue weighted by molar-refractivity contribution is 7.26. The lowest BCUT2D eigenvalue weighted by Crippen LogP contribution is -2.10. The summed E-state index contributed by atoms with van der Waals surface area (Å²) in [6.07, 6.45) is 0. The van der Waals surface area contributed by atoms with Crippen molar-refractivity contribution in [1.82, 2.24) is 0 Å². The van der Waals surface area contributed by atoms with Crippen LogP contribution in [0.25, 0.3) is 84.5 Å². The number of thiophene rings is 2. The number of hydrogen-bond donors (Lipinski definition) is 0. The van der Waals surface area contributed by atoms with Gasteiger partial charge in [0.15, 0.2) is 0 Å². The van der Waals surface area contributed by atoms with Gasteiger partial charge in [0, 0.05) is 68.2 Å². The number of benzene rings is 8.